The summed E-state index contributed by atoms with van der Waals surface area (Å²) in [4.78, 5) is 0. The highest BCUT2D eigenvalue weighted by atomic mass is 79.9. The predicted octanol–water partition coefficient (Wildman–Crippen LogP) is 7.41. The molecule has 0 aliphatic rings. The molecule has 0 rings (SSSR count). The van der Waals surface area contributed by atoms with Gasteiger partial charge in [0.15, 0.2) is 0 Å². The average molecular weight is 488 g/mol. The number of halogens is 2. The minimum Gasteiger partial charge on any atom is -0.381 e. The maximum atomic E-state index is 6.02. The second kappa shape index (κ2) is 12.7. The Bertz CT molecular complexity index is 250. The number of ether oxygens (including phenoxy) is 1. The Morgan fingerprint density at radius 2 is 0.870 bits per heavy atom. The van der Waals surface area contributed by atoms with Gasteiger partial charge in [-0.3, -0.25) is 0 Å². The van der Waals surface area contributed by atoms with Crippen LogP contribution >= 0.6 is 31.9 Å². The topological polar surface area (TPSA) is 9.23 Å². The largest absolute Gasteiger partial charge is 0.381 e. The Morgan fingerprint density at radius 3 is 1.09 bits per heavy atom. The number of hydrogen-bond donors (Lipinski definition) is 0. The van der Waals surface area contributed by atoms with Crippen molar-refractivity contribution in [1.29, 1.82) is 0 Å². The van der Waals surface area contributed by atoms with Gasteiger partial charge in [0.05, 0.1) is 16.1 Å². The van der Waals surface area contributed by atoms with Crippen LogP contribution in [0.3, 0.4) is 0 Å². The highest BCUT2D eigenvalue weighted by Gasteiger charge is 2.35. The van der Waals surface area contributed by atoms with Crippen molar-refractivity contribution in [3.05, 3.63) is 0 Å². The maximum Gasteiger partial charge on any atom is 0.0680 e. The van der Waals surface area contributed by atoms with Crippen LogP contribution in [-0.2, 0) is 4.74 Å². The van der Waals surface area contributed by atoms with E-state index in [1.54, 1.807) is 0 Å². The first-order chi connectivity index (χ1) is 10.9. The van der Waals surface area contributed by atoms with E-state index >= 15 is 0 Å². The summed E-state index contributed by atoms with van der Waals surface area (Å²) >= 11 is 8.02. The van der Waals surface area contributed by atoms with E-state index in [0.29, 0.717) is 8.90 Å². The van der Waals surface area contributed by atoms with Crippen LogP contribution in [0.5, 0.6) is 0 Å². The first-order valence-electron chi connectivity index (χ1n) is 9.77. The second-order valence-electron chi connectivity index (χ2n) is 6.97. The first-order valence-corrected chi connectivity index (χ1v) is 17.0. The molecule has 0 spiro atoms. The molecule has 0 heterocycles. The van der Waals surface area contributed by atoms with Crippen LogP contribution in [0.1, 0.15) is 54.4 Å². The van der Waals surface area contributed by atoms with E-state index in [0.717, 1.165) is 13.2 Å². The zero-order valence-electron chi connectivity index (χ0n) is 16.4. The minimum absolute atomic E-state index is 0.713. The van der Waals surface area contributed by atoms with Crippen LogP contribution in [0.4, 0.5) is 0 Å². The molecule has 0 saturated carbocycles. The lowest BCUT2D eigenvalue weighted by Crippen LogP contribution is -2.43. The van der Waals surface area contributed by atoms with Gasteiger partial charge in [0.1, 0.15) is 0 Å². The van der Waals surface area contributed by atoms with Crippen LogP contribution in [0.2, 0.25) is 36.3 Å². The van der Waals surface area contributed by atoms with E-state index in [9.17, 15) is 0 Å². The van der Waals surface area contributed by atoms with Gasteiger partial charge in [-0.25, -0.2) is 0 Å². The van der Waals surface area contributed by atoms with Gasteiger partial charge in [-0.1, -0.05) is 110 Å². The molecule has 1 nitrogen and oxygen atoms in total. The molecule has 0 amide bonds. The fourth-order valence-electron chi connectivity index (χ4n) is 3.92. The molecule has 0 radical (unpaired) electrons. The van der Waals surface area contributed by atoms with E-state index in [2.05, 4.69) is 73.4 Å². The quantitative estimate of drug-likeness (QED) is 0.141. The van der Waals surface area contributed by atoms with Crippen molar-refractivity contribution >= 4 is 48.0 Å². The molecule has 0 bridgehead atoms. The Balaban J connectivity index is 4.18. The second-order valence-corrected chi connectivity index (χ2v) is 22.0. The lowest BCUT2D eigenvalue weighted by Gasteiger charge is -2.34. The van der Waals surface area contributed by atoms with E-state index in [-0.39, 0.29) is 0 Å². The summed E-state index contributed by atoms with van der Waals surface area (Å²) < 4.78 is 7.44. The molecule has 0 saturated heterocycles. The Hall–Kier alpha value is 1.35. The summed E-state index contributed by atoms with van der Waals surface area (Å²) in [6, 6.07) is 8.32. The van der Waals surface area contributed by atoms with Crippen LogP contribution in [0.25, 0.3) is 0 Å². The fraction of sp³-hybridized carbons (Fsp3) is 1.00. The molecule has 23 heavy (non-hydrogen) atoms. The smallest absolute Gasteiger partial charge is 0.0680 e. The van der Waals surface area contributed by atoms with E-state index < -0.39 is 16.1 Å². The zero-order chi connectivity index (χ0) is 17.9. The number of hydrogen-bond acceptors (Lipinski definition) is 1. The normalized spacial score (nSPS) is 15.7. The highest BCUT2D eigenvalue weighted by Crippen LogP contribution is 2.32. The molecular weight excluding hydrogens is 448 g/mol. The minimum atomic E-state index is -1.12. The summed E-state index contributed by atoms with van der Waals surface area (Å²) in [5.74, 6) is 0. The SMILES string of the molecule is CC[Si](CC)(CC)C(Br)CCOCCC(Br)[Si](CC)(CC)CC. The monoisotopic (exact) mass is 486 g/mol. The molecule has 0 aromatic carbocycles. The van der Waals surface area contributed by atoms with Crippen molar-refractivity contribution in [2.24, 2.45) is 0 Å². The van der Waals surface area contributed by atoms with Crippen LogP contribution < -0.4 is 0 Å². The van der Waals surface area contributed by atoms with Gasteiger partial charge in [0, 0.05) is 22.1 Å². The summed E-state index contributed by atoms with van der Waals surface area (Å²) in [7, 11) is -2.23. The molecule has 0 aromatic rings. The summed E-state index contributed by atoms with van der Waals surface area (Å²) in [5.41, 5.74) is 0. The molecule has 0 aliphatic carbocycles. The lowest BCUT2D eigenvalue weighted by atomic mass is 10.5. The van der Waals surface area contributed by atoms with Crippen molar-refractivity contribution in [2.75, 3.05) is 13.2 Å². The van der Waals surface area contributed by atoms with E-state index in [1.807, 2.05) is 0 Å². The lowest BCUT2D eigenvalue weighted by molar-refractivity contribution is 0.134. The average Bonchev–Trinajstić information content (AvgIpc) is 2.58. The van der Waals surface area contributed by atoms with Crippen molar-refractivity contribution in [1.82, 2.24) is 0 Å². The Labute approximate surface area is 165 Å². The number of rotatable bonds is 14. The molecule has 2 atom stereocenters. The molecule has 5 heteroatoms. The van der Waals surface area contributed by atoms with E-state index in [4.69, 9.17) is 4.74 Å². The molecule has 0 aromatic heterocycles. The maximum absolute atomic E-state index is 6.02. The summed E-state index contributed by atoms with van der Waals surface area (Å²) in [6.07, 6.45) is 2.37. The van der Waals surface area contributed by atoms with Crippen LogP contribution in [-0.4, -0.2) is 38.3 Å². The Morgan fingerprint density at radius 1 is 0.609 bits per heavy atom. The fourth-order valence-corrected chi connectivity index (χ4v) is 17.2. The van der Waals surface area contributed by atoms with Gasteiger partial charge in [-0.15, -0.1) is 0 Å². The van der Waals surface area contributed by atoms with Gasteiger partial charge in [0.2, 0.25) is 0 Å². The van der Waals surface area contributed by atoms with Gasteiger partial charge in [0.25, 0.3) is 0 Å². The van der Waals surface area contributed by atoms with Crippen molar-refractivity contribution in [3.8, 4) is 0 Å². The van der Waals surface area contributed by atoms with Crippen LogP contribution in [0, 0.1) is 0 Å². The van der Waals surface area contributed by atoms with Crippen molar-refractivity contribution < 1.29 is 4.74 Å². The molecule has 0 N–H and O–H groups in total. The van der Waals surface area contributed by atoms with Gasteiger partial charge in [-0.2, -0.15) is 0 Å². The van der Waals surface area contributed by atoms with Gasteiger partial charge < -0.3 is 4.74 Å². The zero-order valence-corrected chi connectivity index (χ0v) is 21.6. The molecule has 0 aliphatic heterocycles. The predicted molar refractivity (Wildman–Crippen MR) is 120 cm³/mol. The third kappa shape index (κ3) is 6.88. The Kier molecular flexibility index (Phi) is 13.4. The van der Waals surface area contributed by atoms with Gasteiger partial charge >= 0.3 is 0 Å². The van der Waals surface area contributed by atoms with Crippen molar-refractivity contribution in [2.45, 2.75) is 99.5 Å². The molecule has 140 valence electrons. The first kappa shape index (κ1) is 24.4. The summed E-state index contributed by atoms with van der Waals surface area (Å²) in [6.45, 7) is 16.1. The highest BCUT2D eigenvalue weighted by molar-refractivity contribution is 9.10. The summed E-state index contributed by atoms with van der Waals surface area (Å²) in [5, 5.41) is 0. The van der Waals surface area contributed by atoms with Crippen molar-refractivity contribution in [3.63, 3.8) is 0 Å². The van der Waals surface area contributed by atoms with Gasteiger partial charge in [-0.05, 0) is 12.8 Å². The third-order valence-corrected chi connectivity index (χ3v) is 25.0. The molecule has 2 unspecified atom stereocenters. The third-order valence-electron chi connectivity index (χ3n) is 6.58. The molecule has 0 fully saturated rings. The standard InChI is InChI=1S/C18H40Br2OSi2/c1-7-22(8-2,9-3)17(19)13-15-21-16-14-18(20)23(10-4,11-5)12-6/h17-18H,7-16H2,1-6H3. The number of alkyl halides is 2. The van der Waals surface area contributed by atoms with Crippen LogP contribution in [0.15, 0.2) is 0 Å². The molecular formula is C18H40Br2OSi2. The van der Waals surface area contributed by atoms with E-state index in [1.165, 1.54) is 49.1 Å².